The van der Waals surface area contributed by atoms with E-state index in [1.54, 1.807) is 12.3 Å². The maximum absolute atomic E-state index is 13.3. The third kappa shape index (κ3) is 3.77. The highest BCUT2D eigenvalue weighted by Crippen LogP contribution is 2.43. The lowest BCUT2D eigenvalue weighted by molar-refractivity contribution is -0.116. The van der Waals surface area contributed by atoms with Crippen LogP contribution >= 0.6 is 15.9 Å². The van der Waals surface area contributed by atoms with Crippen LogP contribution in [0, 0.1) is 6.92 Å². The van der Waals surface area contributed by atoms with E-state index in [4.69, 9.17) is 0 Å². The molecule has 2 aliphatic rings. The van der Waals surface area contributed by atoms with Gasteiger partial charge in [-0.3, -0.25) is 9.59 Å². The second kappa shape index (κ2) is 7.95. The predicted octanol–water partition coefficient (Wildman–Crippen LogP) is 4.76. The molecular formula is C23H22BrN3O2. The smallest absolute Gasteiger partial charge is 0.255 e. The summed E-state index contributed by atoms with van der Waals surface area (Å²) in [5.74, 6) is -0.0398. The molecule has 1 aliphatic carbocycles. The number of halogens is 1. The lowest BCUT2D eigenvalue weighted by Crippen LogP contribution is -2.35. The highest BCUT2D eigenvalue weighted by atomic mass is 79.9. The number of carbonyl (C=O) groups is 2. The quantitative estimate of drug-likeness (QED) is 0.705. The van der Waals surface area contributed by atoms with Crippen molar-refractivity contribution in [1.29, 1.82) is 0 Å². The van der Waals surface area contributed by atoms with Crippen LogP contribution < -0.4 is 10.6 Å². The minimum absolute atomic E-state index is 0.117. The van der Waals surface area contributed by atoms with Gasteiger partial charge in [-0.2, -0.15) is 0 Å². The minimum Gasteiger partial charge on any atom is -0.362 e. The Labute approximate surface area is 178 Å². The SMILES string of the molecule is CC1=C(C(=O)Nc2ccc(Br)cn2)[C@@H](c2ccccc2C)C2=C(CCCC2=O)N1. The summed E-state index contributed by atoms with van der Waals surface area (Å²) in [6.07, 6.45) is 3.82. The minimum atomic E-state index is -0.379. The molecule has 0 fully saturated rings. The molecule has 0 radical (unpaired) electrons. The molecule has 1 amide bonds. The number of benzene rings is 1. The van der Waals surface area contributed by atoms with Crippen molar-refractivity contribution in [1.82, 2.24) is 10.3 Å². The van der Waals surface area contributed by atoms with Gasteiger partial charge in [0.25, 0.3) is 5.91 Å². The summed E-state index contributed by atoms with van der Waals surface area (Å²) in [7, 11) is 0. The van der Waals surface area contributed by atoms with Crippen molar-refractivity contribution in [3.05, 3.63) is 80.7 Å². The van der Waals surface area contributed by atoms with Crippen LogP contribution in [-0.4, -0.2) is 16.7 Å². The van der Waals surface area contributed by atoms with Crippen LogP contribution in [0.3, 0.4) is 0 Å². The number of aromatic nitrogens is 1. The third-order valence-electron chi connectivity index (χ3n) is 5.49. The summed E-state index contributed by atoms with van der Waals surface area (Å²) in [4.78, 5) is 30.5. The van der Waals surface area contributed by atoms with Crippen molar-refractivity contribution in [3.63, 3.8) is 0 Å². The van der Waals surface area contributed by atoms with Crippen molar-refractivity contribution in [2.45, 2.75) is 39.0 Å². The van der Waals surface area contributed by atoms with E-state index < -0.39 is 0 Å². The fourth-order valence-corrected chi connectivity index (χ4v) is 4.37. The average molecular weight is 452 g/mol. The second-order valence-electron chi connectivity index (χ2n) is 7.44. The first-order valence-corrected chi connectivity index (χ1v) is 10.5. The molecule has 29 heavy (non-hydrogen) atoms. The Kier molecular flexibility index (Phi) is 5.37. The summed E-state index contributed by atoms with van der Waals surface area (Å²) < 4.78 is 0.839. The number of dihydropyridines is 1. The summed E-state index contributed by atoms with van der Waals surface area (Å²) in [6.45, 7) is 3.92. The molecule has 0 unspecified atom stereocenters. The molecule has 1 atom stereocenters. The van der Waals surface area contributed by atoms with Crippen molar-refractivity contribution in [3.8, 4) is 0 Å². The van der Waals surface area contributed by atoms with Gasteiger partial charge >= 0.3 is 0 Å². The zero-order chi connectivity index (χ0) is 20.5. The van der Waals surface area contributed by atoms with Crippen LogP contribution in [0.25, 0.3) is 0 Å². The van der Waals surface area contributed by atoms with E-state index >= 15 is 0 Å². The van der Waals surface area contributed by atoms with E-state index in [9.17, 15) is 9.59 Å². The molecule has 2 aromatic rings. The topological polar surface area (TPSA) is 71.1 Å². The fourth-order valence-electron chi connectivity index (χ4n) is 4.14. The zero-order valence-electron chi connectivity index (χ0n) is 16.4. The average Bonchev–Trinajstić information content (AvgIpc) is 2.69. The number of allylic oxidation sites excluding steroid dienone is 3. The number of ketones is 1. The van der Waals surface area contributed by atoms with Crippen molar-refractivity contribution < 1.29 is 9.59 Å². The monoisotopic (exact) mass is 451 g/mol. The number of aryl methyl sites for hydroxylation is 1. The number of nitrogens with zero attached hydrogens (tertiary/aromatic N) is 1. The molecule has 1 aromatic heterocycles. The Balaban J connectivity index is 1.80. The van der Waals surface area contributed by atoms with Crippen LogP contribution in [0.15, 0.2) is 69.6 Å². The van der Waals surface area contributed by atoms with Gasteiger partial charge in [-0.25, -0.2) is 4.98 Å². The number of carbonyl (C=O) groups excluding carboxylic acids is 2. The number of rotatable bonds is 3. The molecule has 4 rings (SSSR count). The predicted molar refractivity (Wildman–Crippen MR) is 116 cm³/mol. The zero-order valence-corrected chi connectivity index (χ0v) is 18.0. The van der Waals surface area contributed by atoms with E-state index in [0.717, 1.165) is 45.4 Å². The molecule has 6 heteroatoms. The van der Waals surface area contributed by atoms with Crippen molar-refractivity contribution in [2.24, 2.45) is 0 Å². The molecule has 0 bridgehead atoms. The van der Waals surface area contributed by atoms with E-state index in [0.29, 0.717) is 17.8 Å². The van der Waals surface area contributed by atoms with E-state index in [1.807, 2.05) is 44.2 Å². The number of nitrogens with one attached hydrogen (secondary N) is 2. The van der Waals surface area contributed by atoms with Crippen LogP contribution in [0.5, 0.6) is 0 Å². The Morgan fingerprint density at radius 2 is 1.97 bits per heavy atom. The second-order valence-corrected chi connectivity index (χ2v) is 8.35. The maximum Gasteiger partial charge on any atom is 0.255 e. The molecule has 5 nitrogen and oxygen atoms in total. The van der Waals surface area contributed by atoms with Gasteiger partial charge < -0.3 is 10.6 Å². The number of Topliss-reactive ketones (excluding diaryl/α,β-unsaturated/α-hetero) is 1. The first kappa shape index (κ1) is 19.6. The fraction of sp³-hybridized carbons (Fsp3) is 0.261. The lowest BCUT2D eigenvalue weighted by atomic mass is 9.74. The Hall–Kier alpha value is -2.73. The summed E-state index contributed by atoms with van der Waals surface area (Å²) in [5.41, 5.74) is 5.07. The molecule has 148 valence electrons. The van der Waals surface area contributed by atoms with Gasteiger partial charge in [0.1, 0.15) is 5.82 Å². The van der Waals surface area contributed by atoms with E-state index in [2.05, 4.69) is 31.5 Å². The third-order valence-corrected chi connectivity index (χ3v) is 5.96. The first-order chi connectivity index (χ1) is 14.0. The normalized spacial score (nSPS) is 19.0. The van der Waals surface area contributed by atoms with Gasteiger partial charge in [0, 0.05) is 45.5 Å². The summed E-state index contributed by atoms with van der Waals surface area (Å²) >= 11 is 3.35. The van der Waals surface area contributed by atoms with Gasteiger partial charge in [-0.15, -0.1) is 0 Å². The summed E-state index contributed by atoms with van der Waals surface area (Å²) in [5, 5.41) is 6.24. The molecule has 2 N–H and O–H groups in total. The number of anilines is 1. The van der Waals surface area contributed by atoms with Gasteiger partial charge in [0.15, 0.2) is 5.78 Å². The Morgan fingerprint density at radius 3 is 2.69 bits per heavy atom. The van der Waals surface area contributed by atoms with Crippen LogP contribution in [-0.2, 0) is 9.59 Å². The molecule has 0 spiro atoms. The first-order valence-electron chi connectivity index (χ1n) is 9.68. The highest BCUT2D eigenvalue weighted by Gasteiger charge is 2.38. The van der Waals surface area contributed by atoms with Crippen LogP contribution in [0.2, 0.25) is 0 Å². The van der Waals surface area contributed by atoms with Gasteiger partial charge in [-0.05, 0) is 65.9 Å². The van der Waals surface area contributed by atoms with E-state index in [1.165, 1.54) is 0 Å². The Morgan fingerprint density at radius 1 is 1.17 bits per heavy atom. The van der Waals surface area contributed by atoms with Gasteiger partial charge in [0.05, 0.1) is 0 Å². The molecule has 2 heterocycles. The molecule has 0 saturated heterocycles. The van der Waals surface area contributed by atoms with E-state index in [-0.39, 0.29) is 17.6 Å². The van der Waals surface area contributed by atoms with Crippen molar-refractivity contribution >= 4 is 33.4 Å². The number of pyridine rings is 1. The molecule has 1 aromatic carbocycles. The number of hydrogen-bond acceptors (Lipinski definition) is 4. The molecular weight excluding hydrogens is 430 g/mol. The Bertz CT molecular complexity index is 1050. The van der Waals surface area contributed by atoms with Gasteiger partial charge in [0.2, 0.25) is 0 Å². The summed E-state index contributed by atoms with van der Waals surface area (Å²) in [6, 6.07) is 11.5. The lowest BCUT2D eigenvalue weighted by Gasteiger charge is -2.35. The molecule has 1 aliphatic heterocycles. The number of hydrogen-bond donors (Lipinski definition) is 2. The van der Waals surface area contributed by atoms with Crippen molar-refractivity contribution in [2.75, 3.05) is 5.32 Å². The number of amides is 1. The largest absolute Gasteiger partial charge is 0.362 e. The van der Waals surface area contributed by atoms with Gasteiger partial charge in [-0.1, -0.05) is 24.3 Å². The molecule has 0 saturated carbocycles. The standard InChI is InChI=1S/C23H22BrN3O2/c1-13-6-3-4-7-16(13)21-20(23(29)27-19-11-10-15(24)12-25-19)14(2)26-17-8-5-9-18(28)22(17)21/h3-4,6-7,10-12,21,26H,5,8-9H2,1-2H3,(H,25,27,29)/t21-/m1/s1. The van der Waals surface area contributed by atoms with Crippen LogP contribution in [0.1, 0.15) is 43.2 Å². The maximum atomic E-state index is 13.3. The van der Waals surface area contributed by atoms with Crippen LogP contribution in [0.4, 0.5) is 5.82 Å². The highest BCUT2D eigenvalue weighted by molar-refractivity contribution is 9.10.